The van der Waals surface area contributed by atoms with E-state index in [-0.39, 0.29) is 0 Å². The van der Waals surface area contributed by atoms with Gasteiger partial charge >= 0.3 is 0 Å². The maximum Gasteiger partial charge on any atom is 0.0492 e. The molecule has 1 saturated heterocycles. The number of hydrogen-bond acceptors (Lipinski definition) is 2. The molecule has 0 saturated carbocycles. The fraction of sp³-hybridized carbons (Fsp3) is 0.625. The van der Waals surface area contributed by atoms with Crippen LogP contribution in [-0.4, -0.2) is 22.9 Å². The first-order valence-electron chi connectivity index (χ1n) is 4.14. The van der Waals surface area contributed by atoms with Gasteiger partial charge in [0.25, 0.3) is 0 Å². The van der Waals surface area contributed by atoms with Crippen LogP contribution in [0.2, 0.25) is 0 Å². The smallest absolute Gasteiger partial charge is 0.0492 e. The molecule has 0 unspecified atom stereocenters. The molecule has 1 aromatic rings. The molecule has 2 aliphatic heterocycles. The molecule has 58 valence electrons. The Balaban J connectivity index is 2.12. The van der Waals surface area contributed by atoms with Crippen molar-refractivity contribution in [1.82, 2.24) is 15.1 Å². The highest BCUT2D eigenvalue weighted by Crippen LogP contribution is 2.37. The molecule has 0 radical (unpaired) electrons. The number of aromatic nitrogens is 2. The molecule has 0 aliphatic carbocycles. The van der Waals surface area contributed by atoms with Crippen LogP contribution in [0.25, 0.3) is 0 Å². The first kappa shape index (κ1) is 5.77. The van der Waals surface area contributed by atoms with Crippen molar-refractivity contribution >= 4 is 0 Å². The molecule has 1 spiro atoms. The molecule has 1 aromatic heterocycles. The van der Waals surface area contributed by atoms with Crippen molar-refractivity contribution in [3.05, 3.63) is 18.0 Å². The van der Waals surface area contributed by atoms with Gasteiger partial charge in [-0.3, -0.25) is 4.68 Å². The molecule has 0 aromatic carbocycles. The molecule has 1 fully saturated rings. The van der Waals surface area contributed by atoms with E-state index in [0.29, 0.717) is 5.41 Å². The van der Waals surface area contributed by atoms with Gasteiger partial charge in [-0.1, -0.05) is 0 Å². The number of nitrogens with zero attached hydrogens (tertiary/aromatic N) is 2. The van der Waals surface area contributed by atoms with Gasteiger partial charge in [0.2, 0.25) is 0 Å². The molecule has 1 N–H and O–H groups in total. The Morgan fingerprint density at radius 3 is 3.18 bits per heavy atom. The van der Waals surface area contributed by atoms with Crippen LogP contribution in [0.1, 0.15) is 12.1 Å². The van der Waals surface area contributed by atoms with Crippen molar-refractivity contribution in [3.8, 4) is 0 Å². The summed E-state index contributed by atoms with van der Waals surface area (Å²) in [6.45, 7) is 3.42. The average molecular weight is 149 g/mol. The number of nitrogens with one attached hydrogen (secondary N) is 1. The molecule has 3 nitrogen and oxygen atoms in total. The van der Waals surface area contributed by atoms with Gasteiger partial charge in [-0.2, -0.15) is 5.10 Å². The van der Waals surface area contributed by atoms with Gasteiger partial charge < -0.3 is 5.32 Å². The van der Waals surface area contributed by atoms with Gasteiger partial charge in [-0.05, 0) is 12.5 Å². The van der Waals surface area contributed by atoms with E-state index in [1.165, 1.54) is 12.1 Å². The maximum absolute atomic E-state index is 4.26. The van der Waals surface area contributed by atoms with Gasteiger partial charge in [0.15, 0.2) is 0 Å². The molecule has 3 heteroatoms. The second kappa shape index (κ2) is 1.67. The lowest BCUT2D eigenvalue weighted by molar-refractivity contribution is 0.276. The van der Waals surface area contributed by atoms with Crippen molar-refractivity contribution in [2.24, 2.45) is 0 Å². The Kier molecular flexibility index (Phi) is 0.874. The van der Waals surface area contributed by atoms with Crippen molar-refractivity contribution in [2.75, 3.05) is 13.1 Å². The molecule has 2 aliphatic rings. The Morgan fingerprint density at radius 2 is 2.45 bits per heavy atom. The monoisotopic (exact) mass is 149 g/mol. The van der Waals surface area contributed by atoms with E-state index in [1.807, 2.05) is 6.20 Å². The van der Waals surface area contributed by atoms with Crippen LogP contribution < -0.4 is 5.32 Å². The molecule has 0 atom stereocenters. The van der Waals surface area contributed by atoms with Crippen LogP contribution in [0.3, 0.4) is 0 Å². The van der Waals surface area contributed by atoms with E-state index >= 15 is 0 Å². The molecule has 3 heterocycles. The number of hydrogen-bond donors (Lipinski definition) is 1. The topological polar surface area (TPSA) is 29.9 Å². The van der Waals surface area contributed by atoms with Crippen LogP contribution in [-0.2, 0) is 12.0 Å². The molecular formula is C8H11N3. The second-order valence-corrected chi connectivity index (χ2v) is 3.57. The Bertz CT molecular complexity index is 285. The number of rotatable bonds is 0. The van der Waals surface area contributed by atoms with Gasteiger partial charge in [0.1, 0.15) is 0 Å². The fourth-order valence-electron chi connectivity index (χ4n) is 2.19. The lowest BCUT2D eigenvalue weighted by Crippen LogP contribution is -2.55. The van der Waals surface area contributed by atoms with Crippen molar-refractivity contribution < 1.29 is 0 Å². The zero-order chi connectivity index (χ0) is 7.31. The summed E-state index contributed by atoms with van der Waals surface area (Å²) in [6.07, 6.45) is 3.19. The quantitative estimate of drug-likeness (QED) is 0.568. The lowest BCUT2D eigenvalue weighted by Gasteiger charge is -2.38. The highest BCUT2D eigenvalue weighted by atomic mass is 15.3. The third kappa shape index (κ3) is 0.554. The standard InChI is InChI=1S/C8H11N3/c1-3-10-11-4-2-8(7(1)11)5-9-6-8/h1,3,9H,2,4-6H2. The van der Waals surface area contributed by atoms with Crippen LogP contribution in [0.5, 0.6) is 0 Å². The Hall–Kier alpha value is -0.830. The predicted molar refractivity (Wildman–Crippen MR) is 41.4 cm³/mol. The van der Waals surface area contributed by atoms with Crippen LogP contribution >= 0.6 is 0 Å². The Labute approximate surface area is 65.4 Å². The molecule has 11 heavy (non-hydrogen) atoms. The number of fused-ring (bicyclic) bond motifs is 2. The zero-order valence-corrected chi connectivity index (χ0v) is 6.38. The van der Waals surface area contributed by atoms with Crippen LogP contribution in [0.4, 0.5) is 0 Å². The van der Waals surface area contributed by atoms with Gasteiger partial charge in [0.05, 0.1) is 0 Å². The maximum atomic E-state index is 4.26. The Morgan fingerprint density at radius 1 is 1.55 bits per heavy atom. The first-order valence-corrected chi connectivity index (χ1v) is 4.14. The summed E-state index contributed by atoms with van der Waals surface area (Å²) in [4.78, 5) is 0. The molecule has 0 amide bonds. The van der Waals surface area contributed by atoms with E-state index in [1.54, 1.807) is 0 Å². The third-order valence-corrected chi connectivity index (χ3v) is 2.99. The highest BCUT2D eigenvalue weighted by molar-refractivity contribution is 5.25. The van der Waals surface area contributed by atoms with Crippen molar-refractivity contribution in [3.63, 3.8) is 0 Å². The van der Waals surface area contributed by atoms with Gasteiger partial charge in [0, 0.05) is 36.9 Å². The van der Waals surface area contributed by atoms with E-state index in [9.17, 15) is 0 Å². The highest BCUT2D eigenvalue weighted by Gasteiger charge is 2.44. The minimum absolute atomic E-state index is 0.469. The summed E-state index contributed by atoms with van der Waals surface area (Å²) >= 11 is 0. The van der Waals surface area contributed by atoms with E-state index < -0.39 is 0 Å². The predicted octanol–water partition coefficient (Wildman–Crippen LogP) is 0.128. The second-order valence-electron chi connectivity index (χ2n) is 3.57. The van der Waals surface area contributed by atoms with E-state index in [0.717, 1.165) is 19.6 Å². The van der Waals surface area contributed by atoms with Crippen molar-refractivity contribution in [2.45, 2.75) is 18.4 Å². The zero-order valence-electron chi connectivity index (χ0n) is 6.38. The molecule has 3 rings (SSSR count). The van der Waals surface area contributed by atoms with E-state index in [2.05, 4.69) is 21.2 Å². The summed E-state index contributed by atoms with van der Waals surface area (Å²) in [6, 6.07) is 2.16. The molecular weight excluding hydrogens is 138 g/mol. The normalized spacial score (nSPS) is 25.1. The van der Waals surface area contributed by atoms with Gasteiger partial charge in [-0.15, -0.1) is 0 Å². The van der Waals surface area contributed by atoms with Gasteiger partial charge in [-0.25, -0.2) is 0 Å². The largest absolute Gasteiger partial charge is 0.315 e. The summed E-state index contributed by atoms with van der Waals surface area (Å²) in [5.74, 6) is 0. The third-order valence-electron chi connectivity index (χ3n) is 2.99. The summed E-state index contributed by atoms with van der Waals surface area (Å²) < 4.78 is 2.14. The van der Waals surface area contributed by atoms with Crippen molar-refractivity contribution in [1.29, 1.82) is 0 Å². The summed E-state index contributed by atoms with van der Waals surface area (Å²) in [7, 11) is 0. The number of aryl methyl sites for hydroxylation is 1. The van der Waals surface area contributed by atoms with Crippen LogP contribution in [0, 0.1) is 0 Å². The summed E-state index contributed by atoms with van der Waals surface area (Å²) in [5.41, 5.74) is 1.91. The average Bonchev–Trinajstić information content (AvgIpc) is 2.38. The lowest BCUT2D eigenvalue weighted by atomic mass is 9.78. The minimum Gasteiger partial charge on any atom is -0.315 e. The van der Waals surface area contributed by atoms with Crippen LogP contribution in [0.15, 0.2) is 12.3 Å². The summed E-state index contributed by atoms with van der Waals surface area (Å²) in [5, 5.41) is 7.60. The first-order chi connectivity index (χ1) is 5.41. The fourth-order valence-corrected chi connectivity index (χ4v) is 2.19. The minimum atomic E-state index is 0.469. The van der Waals surface area contributed by atoms with E-state index in [4.69, 9.17) is 0 Å². The SMILES string of the molecule is c1cc2n(n1)CCC21CNC1. The molecule has 0 bridgehead atoms.